The van der Waals surface area contributed by atoms with Gasteiger partial charge in [0.1, 0.15) is 0 Å². The SMILES string of the molecule is Clc1cc(I)cc2cccnc12. The fourth-order valence-electron chi connectivity index (χ4n) is 1.11. The molecule has 0 atom stereocenters. The van der Waals surface area contributed by atoms with Crippen LogP contribution in [0.25, 0.3) is 10.9 Å². The van der Waals surface area contributed by atoms with Crippen molar-refractivity contribution in [3.63, 3.8) is 0 Å². The lowest BCUT2D eigenvalue weighted by Crippen LogP contribution is -1.80. The van der Waals surface area contributed by atoms with Crippen LogP contribution in [0.3, 0.4) is 0 Å². The maximum absolute atomic E-state index is 6.00. The molecule has 0 saturated carbocycles. The summed E-state index contributed by atoms with van der Waals surface area (Å²) < 4.78 is 1.14. The minimum Gasteiger partial charge on any atom is -0.255 e. The van der Waals surface area contributed by atoms with Gasteiger partial charge in [0, 0.05) is 15.2 Å². The molecule has 2 rings (SSSR count). The summed E-state index contributed by atoms with van der Waals surface area (Å²) in [4.78, 5) is 4.19. The molecule has 0 unspecified atom stereocenters. The van der Waals surface area contributed by atoms with Crippen LogP contribution in [0.4, 0.5) is 0 Å². The molecule has 0 aliphatic carbocycles. The molecule has 0 N–H and O–H groups in total. The van der Waals surface area contributed by atoms with Gasteiger partial charge in [0.05, 0.1) is 10.5 Å². The maximum Gasteiger partial charge on any atom is 0.0888 e. The Labute approximate surface area is 88.9 Å². The summed E-state index contributed by atoms with van der Waals surface area (Å²) >= 11 is 8.24. The second-order valence-electron chi connectivity index (χ2n) is 2.46. The first kappa shape index (κ1) is 8.26. The lowest BCUT2D eigenvalue weighted by Gasteiger charge is -1.99. The van der Waals surface area contributed by atoms with Gasteiger partial charge in [-0.25, -0.2) is 0 Å². The molecule has 60 valence electrons. The van der Waals surface area contributed by atoms with E-state index in [1.165, 1.54) is 0 Å². The number of benzene rings is 1. The van der Waals surface area contributed by atoms with Crippen LogP contribution in [-0.2, 0) is 0 Å². The van der Waals surface area contributed by atoms with E-state index in [2.05, 4.69) is 33.6 Å². The van der Waals surface area contributed by atoms with Gasteiger partial charge in [0.15, 0.2) is 0 Å². The smallest absolute Gasteiger partial charge is 0.0888 e. The Kier molecular flexibility index (Phi) is 2.19. The maximum atomic E-state index is 6.00. The number of fused-ring (bicyclic) bond motifs is 1. The van der Waals surface area contributed by atoms with Crippen molar-refractivity contribution in [3.05, 3.63) is 39.1 Å². The average molecular weight is 290 g/mol. The molecule has 2 aromatic rings. The Morgan fingerprint density at radius 1 is 1.33 bits per heavy atom. The van der Waals surface area contributed by atoms with Crippen LogP contribution < -0.4 is 0 Å². The van der Waals surface area contributed by atoms with Crippen LogP contribution in [0.1, 0.15) is 0 Å². The monoisotopic (exact) mass is 289 g/mol. The molecule has 12 heavy (non-hydrogen) atoms. The largest absolute Gasteiger partial charge is 0.255 e. The standard InChI is InChI=1S/C9H5ClIN/c10-8-5-7(11)4-6-2-1-3-12-9(6)8/h1-5H. The Morgan fingerprint density at radius 2 is 2.17 bits per heavy atom. The second-order valence-corrected chi connectivity index (χ2v) is 4.12. The van der Waals surface area contributed by atoms with Crippen molar-refractivity contribution in [1.29, 1.82) is 0 Å². The van der Waals surface area contributed by atoms with Crippen molar-refractivity contribution in [2.75, 3.05) is 0 Å². The van der Waals surface area contributed by atoms with Crippen LogP contribution in [-0.4, -0.2) is 4.98 Å². The third-order valence-corrected chi connectivity index (χ3v) is 2.53. The summed E-state index contributed by atoms with van der Waals surface area (Å²) in [5.74, 6) is 0. The van der Waals surface area contributed by atoms with Gasteiger partial charge in [-0.05, 0) is 40.8 Å². The molecule has 0 spiro atoms. The second kappa shape index (κ2) is 3.18. The fourth-order valence-corrected chi connectivity index (χ4v) is 2.22. The molecule has 0 radical (unpaired) electrons. The quantitative estimate of drug-likeness (QED) is 0.677. The Bertz CT molecular complexity index is 428. The number of aromatic nitrogens is 1. The summed E-state index contributed by atoms with van der Waals surface area (Å²) in [7, 11) is 0. The Hall–Kier alpha value is -0.350. The van der Waals surface area contributed by atoms with Gasteiger partial charge in [-0.1, -0.05) is 17.7 Å². The number of hydrogen-bond acceptors (Lipinski definition) is 1. The molecule has 0 saturated heterocycles. The van der Waals surface area contributed by atoms with Crippen molar-refractivity contribution in [2.45, 2.75) is 0 Å². The van der Waals surface area contributed by atoms with Gasteiger partial charge in [0.2, 0.25) is 0 Å². The van der Waals surface area contributed by atoms with Crippen molar-refractivity contribution in [2.24, 2.45) is 0 Å². The van der Waals surface area contributed by atoms with Crippen molar-refractivity contribution in [1.82, 2.24) is 4.98 Å². The van der Waals surface area contributed by atoms with Gasteiger partial charge in [-0.3, -0.25) is 4.98 Å². The van der Waals surface area contributed by atoms with Crippen LogP contribution in [0.5, 0.6) is 0 Å². The summed E-state index contributed by atoms with van der Waals surface area (Å²) in [6, 6.07) is 7.90. The molecular formula is C9H5ClIN. The summed E-state index contributed by atoms with van der Waals surface area (Å²) in [6.45, 7) is 0. The van der Waals surface area contributed by atoms with Crippen LogP contribution in [0.15, 0.2) is 30.5 Å². The predicted octanol–water partition coefficient (Wildman–Crippen LogP) is 3.49. The first-order valence-electron chi connectivity index (χ1n) is 3.47. The van der Waals surface area contributed by atoms with E-state index in [0.717, 1.165) is 19.5 Å². The molecule has 1 aromatic heterocycles. The lowest BCUT2D eigenvalue weighted by molar-refractivity contribution is 1.41. The summed E-state index contributed by atoms with van der Waals surface area (Å²) in [5, 5.41) is 1.81. The van der Waals surface area contributed by atoms with Gasteiger partial charge in [0.25, 0.3) is 0 Å². The van der Waals surface area contributed by atoms with Gasteiger partial charge >= 0.3 is 0 Å². The third kappa shape index (κ3) is 1.41. The van der Waals surface area contributed by atoms with Crippen molar-refractivity contribution < 1.29 is 0 Å². The molecule has 1 nitrogen and oxygen atoms in total. The van der Waals surface area contributed by atoms with E-state index in [9.17, 15) is 0 Å². The molecule has 1 heterocycles. The highest BCUT2D eigenvalue weighted by Crippen LogP contribution is 2.23. The zero-order chi connectivity index (χ0) is 8.55. The Morgan fingerprint density at radius 3 is 3.00 bits per heavy atom. The highest BCUT2D eigenvalue weighted by atomic mass is 127. The predicted molar refractivity (Wildman–Crippen MR) is 59.5 cm³/mol. The third-order valence-electron chi connectivity index (χ3n) is 1.62. The molecular weight excluding hydrogens is 284 g/mol. The first-order chi connectivity index (χ1) is 5.77. The molecule has 0 aliphatic heterocycles. The number of nitrogens with zero attached hydrogens (tertiary/aromatic N) is 1. The molecule has 0 bridgehead atoms. The lowest BCUT2D eigenvalue weighted by atomic mass is 10.2. The zero-order valence-corrected chi connectivity index (χ0v) is 9.00. The van der Waals surface area contributed by atoms with E-state index in [-0.39, 0.29) is 0 Å². The highest BCUT2D eigenvalue weighted by molar-refractivity contribution is 14.1. The first-order valence-corrected chi connectivity index (χ1v) is 4.93. The highest BCUT2D eigenvalue weighted by Gasteiger charge is 2.00. The van der Waals surface area contributed by atoms with E-state index in [1.807, 2.05) is 18.2 Å². The van der Waals surface area contributed by atoms with Crippen molar-refractivity contribution in [3.8, 4) is 0 Å². The molecule has 3 heteroatoms. The Balaban J connectivity index is 2.89. The number of pyridine rings is 1. The number of rotatable bonds is 0. The fraction of sp³-hybridized carbons (Fsp3) is 0. The van der Waals surface area contributed by atoms with Crippen LogP contribution >= 0.6 is 34.2 Å². The molecule has 1 aromatic carbocycles. The normalized spacial score (nSPS) is 10.5. The van der Waals surface area contributed by atoms with Gasteiger partial charge in [-0.15, -0.1) is 0 Å². The van der Waals surface area contributed by atoms with Gasteiger partial charge < -0.3 is 0 Å². The number of hydrogen-bond donors (Lipinski definition) is 0. The summed E-state index contributed by atoms with van der Waals surface area (Å²) in [5.41, 5.74) is 0.875. The average Bonchev–Trinajstić information content (AvgIpc) is 2.04. The summed E-state index contributed by atoms with van der Waals surface area (Å²) in [6.07, 6.45) is 1.75. The van der Waals surface area contributed by atoms with E-state index in [1.54, 1.807) is 6.20 Å². The minimum absolute atomic E-state index is 0.720. The molecule has 0 amide bonds. The van der Waals surface area contributed by atoms with Crippen LogP contribution in [0, 0.1) is 3.57 Å². The minimum atomic E-state index is 0.720. The topological polar surface area (TPSA) is 12.9 Å². The van der Waals surface area contributed by atoms with E-state index >= 15 is 0 Å². The van der Waals surface area contributed by atoms with E-state index in [4.69, 9.17) is 11.6 Å². The van der Waals surface area contributed by atoms with E-state index in [0.29, 0.717) is 0 Å². The van der Waals surface area contributed by atoms with E-state index < -0.39 is 0 Å². The van der Waals surface area contributed by atoms with Crippen LogP contribution in [0.2, 0.25) is 5.02 Å². The van der Waals surface area contributed by atoms with Crippen molar-refractivity contribution >= 4 is 45.1 Å². The number of halogens is 2. The zero-order valence-electron chi connectivity index (χ0n) is 6.09. The van der Waals surface area contributed by atoms with Gasteiger partial charge in [-0.2, -0.15) is 0 Å². The molecule has 0 fully saturated rings. The molecule has 0 aliphatic rings.